The number of benzene rings is 13. The monoisotopic (exact) mass is 1200 g/mol. The molecule has 0 atom stereocenters. The molecule has 0 saturated carbocycles. The van der Waals surface area contributed by atoms with Crippen LogP contribution in [0, 0.1) is 0 Å². The fourth-order valence-electron chi connectivity index (χ4n) is 14.7. The summed E-state index contributed by atoms with van der Waals surface area (Å²) in [6.07, 6.45) is 0. The molecule has 15 aromatic rings. The summed E-state index contributed by atoms with van der Waals surface area (Å²) in [5.41, 5.74) is 27.4. The van der Waals surface area contributed by atoms with Gasteiger partial charge in [0.2, 0.25) is 0 Å². The molecule has 91 heavy (non-hydrogen) atoms. The molecule has 2 aliphatic rings. The van der Waals surface area contributed by atoms with Crippen LogP contribution in [0.5, 0.6) is 0 Å². The molecule has 0 spiro atoms. The van der Waals surface area contributed by atoms with Crippen LogP contribution in [0.25, 0.3) is 107 Å². The van der Waals surface area contributed by atoms with E-state index in [0.29, 0.717) is 0 Å². The summed E-state index contributed by atoms with van der Waals surface area (Å²) < 4.78 is 5.19. The molecule has 2 aromatic heterocycles. The summed E-state index contributed by atoms with van der Waals surface area (Å²) in [6.45, 7) is 13.9. The Balaban J connectivity index is 1.05. The standard InChI is InChI=1S/C86H65BN2S2/c1-85(2,3)61-47-59(48-62(53-61)86(4,5)6)60-51-75-83-76(52-60)89(84-66(55-27-12-8-13-28-55)36-22-37-67(84)56-29-14-9-15-30-56)74-46-44-58(65-35-24-42-80-82(65)69-33-18-21-40-78(69)91-80)50-71(74)87(83)70-49-57(64-34-23-41-79-81(64)68-32-17-20-39-77(68)90-79)43-45-73(70)88(75)72-38-19-16-31-63(72)54-25-10-7-11-26-54/h7-53H,1-6H3. The highest BCUT2D eigenvalue weighted by atomic mass is 32.1. The molecule has 0 bridgehead atoms. The van der Waals surface area contributed by atoms with Gasteiger partial charge < -0.3 is 9.80 Å². The molecule has 2 aliphatic heterocycles. The van der Waals surface area contributed by atoms with Crippen molar-refractivity contribution in [2.45, 2.75) is 52.4 Å². The van der Waals surface area contributed by atoms with Gasteiger partial charge in [0.1, 0.15) is 0 Å². The van der Waals surface area contributed by atoms with Crippen molar-refractivity contribution in [2.24, 2.45) is 0 Å². The van der Waals surface area contributed by atoms with Crippen LogP contribution in [0.2, 0.25) is 0 Å². The van der Waals surface area contributed by atoms with Crippen molar-refractivity contribution in [2.75, 3.05) is 9.80 Å². The molecule has 0 fully saturated rings. The molecule has 0 aliphatic carbocycles. The van der Waals surface area contributed by atoms with E-state index in [2.05, 4.69) is 336 Å². The van der Waals surface area contributed by atoms with Crippen LogP contribution in [0.4, 0.5) is 34.1 Å². The molecule has 17 rings (SSSR count). The number of hydrogen-bond acceptors (Lipinski definition) is 4. The van der Waals surface area contributed by atoms with Gasteiger partial charge >= 0.3 is 0 Å². The molecule has 5 heteroatoms. The Bertz CT molecular complexity index is 5300. The average Bonchev–Trinajstić information content (AvgIpc) is 1.13. The van der Waals surface area contributed by atoms with Gasteiger partial charge in [-0.3, -0.25) is 0 Å². The zero-order valence-corrected chi connectivity index (χ0v) is 53.6. The Morgan fingerprint density at radius 1 is 0.275 bits per heavy atom. The maximum Gasteiger partial charge on any atom is 0.252 e. The predicted molar refractivity (Wildman–Crippen MR) is 396 cm³/mol. The van der Waals surface area contributed by atoms with E-state index in [1.54, 1.807) is 0 Å². The van der Waals surface area contributed by atoms with E-state index in [-0.39, 0.29) is 17.5 Å². The van der Waals surface area contributed by atoms with Crippen molar-refractivity contribution < 1.29 is 0 Å². The summed E-state index contributed by atoms with van der Waals surface area (Å²) in [5, 5.41) is 5.20. The summed E-state index contributed by atoms with van der Waals surface area (Å²) in [4.78, 5) is 5.33. The lowest BCUT2D eigenvalue weighted by Crippen LogP contribution is -2.61. The predicted octanol–water partition coefficient (Wildman–Crippen LogP) is 23.1. The first kappa shape index (κ1) is 55.1. The number of hydrogen-bond donors (Lipinski definition) is 0. The highest BCUT2D eigenvalue weighted by Crippen LogP contribution is 2.54. The minimum Gasteiger partial charge on any atom is -0.311 e. The Morgan fingerprint density at radius 2 is 0.670 bits per heavy atom. The van der Waals surface area contributed by atoms with E-state index < -0.39 is 0 Å². The van der Waals surface area contributed by atoms with Crippen LogP contribution in [-0.2, 0) is 10.8 Å². The van der Waals surface area contributed by atoms with Crippen LogP contribution >= 0.6 is 22.7 Å². The first-order valence-corrected chi connectivity index (χ1v) is 33.5. The van der Waals surface area contributed by atoms with Gasteiger partial charge in [-0.15, -0.1) is 22.7 Å². The van der Waals surface area contributed by atoms with Gasteiger partial charge in [0.25, 0.3) is 6.71 Å². The van der Waals surface area contributed by atoms with E-state index in [1.807, 2.05) is 22.7 Å². The highest BCUT2D eigenvalue weighted by molar-refractivity contribution is 7.26. The molecular formula is C86H65BN2S2. The molecule has 0 radical (unpaired) electrons. The second-order valence-corrected chi connectivity index (χ2v) is 28.9. The second-order valence-electron chi connectivity index (χ2n) is 26.7. The molecule has 2 nitrogen and oxygen atoms in total. The van der Waals surface area contributed by atoms with Crippen molar-refractivity contribution >= 4 is 120 Å². The SMILES string of the molecule is CC(C)(C)c1cc(-c2cc3c4c(c2)N(c2c(-c5ccccc5)cccc2-c2ccccc2)c2ccc(-c5cccc6sc7ccccc7c56)cc2B4c2cc(-c4cccc5sc6ccccc6c45)ccc2N3c2ccccc2-c2ccccc2)cc(C(C)(C)C)c1. The molecule has 13 aromatic carbocycles. The summed E-state index contributed by atoms with van der Waals surface area (Å²) in [7, 11) is 0. The van der Waals surface area contributed by atoms with Gasteiger partial charge in [-0.1, -0.05) is 272 Å². The zero-order chi connectivity index (χ0) is 61.3. The number of thiophene rings is 2. The van der Waals surface area contributed by atoms with Gasteiger partial charge in [0.05, 0.1) is 11.4 Å². The first-order chi connectivity index (χ1) is 44.4. The zero-order valence-electron chi connectivity index (χ0n) is 51.9. The second kappa shape index (κ2) is 21.3. The number of anilines is 6. The molecule has 434 valence electrons. The summed E-state index contributed by atoms with van der Waals surface area (Å²) in [6, 6.07) is 108. The Morgan fingerprint density at radius 3 is 1.19 bits per heavy atom. The van der Waals surface area contributed by atoms with Crippen molar-refractivity contribution in [1.29, 1.82) is 0 Å². The lowest BCUT2D eigenvalue weighted by Gasteiger charge is -2.45. The third-order valence-electron chi connectivity index (χ3n) is 19.2. The maximum atomic E-state index is 2.69. The van der Waals surface area contributed by atoms with Crippen molar-refractivity contribution in [3.63, 3.8) is 0 Å². The topological polar surface area (TPSA) is 6.48 Å². The lowest BCUT2D eigenvalue weighted by atomic mass is 9.33. The minimum atomic E-state index is -0.215. The molecular weight excluding hydrogens is 1140 g/mol. The van der Waals surface area contributed by atoms with E-state index in [0.717, 1.165) is 50.7 Å². The van der Waals surface area contributed by atoms with Gasteiger partial charge in [-0.25, -0.2) is 0 Å². The van der Waals surface area contributed by atoms with Gasteiger partial charge in [0.15, 0.2) is 0 Å². The maximum absolute atomic E-state index is 2.69. The van der Waals surface area contributed by atoms with E-state index >= 15 is 0 Å². The molecule has 0 unspecified atom stereocenters. The number of nitrogens with zero attached hydrogens (tertiary/aromatic N) is 2. The van der Waals surface area contributed by atoms with Gasteiger partial charge in [-0.2, -0.15) is 0 Å². The number of fused-ring (bicyclic) bond motifs is 10. The lowest BCUT2D eigenvalue weighted by molar-refractivity contribution is 0.569. The Labute approximate surface area is 541 Å². The summed E-state index contributed by atoms with van der Waals surface area (Å²) >= 11 is 3.77. The van der Waals surface area contributed by atoms with Crippen LogP contribution in [0.1, 0.15) is 52.7 Å². The van der Waals surface area contributed by atoms with E-state index in [1.165, 1.54) is 118 Å². The van der Waals surface area contributed by atoms with Gasteiger partial charge in [-0.05, 0) is 143 Å². The van der Waals surface area contributed by atoms with E-state index in [4.69, 9.17) is 0 Å². The molecule has 0 saturated heterocycles. The minimum absolute atomic E-state index is 0.109. The Kier molecular flexibility index (Phi) is 12.9. The summed E-state index contributed by atoms with van der Waals surface area (Å²) in [5.74, 6) is 0. The smallest absolute Gasteiger partial charge is 0.252 e. The normalized spacial score (nSPS) is 12.9. The molecule has 0 N–H and O–H groups in total. The fourth-order valence-corrected chi connectivity index (χ4v) is 17.0. The van der Waals surface area contributed by atoms with Crippen molar-refractivity contribution in [3.05, 3.63) is 296 Å². The van der Waals surface area contributed by atoms with E-state index in [9.17, 15) is 0 Å². The van der Waals surface area contributed by atoms with Crippen molar-refractivity contribution in [1.82, 2.24) is 0 Å². The number of para-hydroxylation sites is 2. The van der Waals surface area contributed by atoms with Crippen LogP contribution < -0.4 is 26.2 Å². The Hall–Kier alpha value is -10.0. The van der Waals surface area contributed by atoms with Crippen LogP contribution in [0.3, 0.4) is 0 Å². The van der Waals surface area contributed by atoms with Gasteiger partial charge in [0, 0.05) is 79.8 Å². The quantitative estimate of drug-likeness (QED) is 0.140. The first-order valence-electron chi connectivity index (χ1n) is 31.8. The van der Waals surface area contributed by atoms with Crippen LogP contribution in [-0.4, -0.2) is 6.71 Å². The third-order valence-corrected chi connectivity index (χ3v) is 21.4. The van der Waals surface area contributed by atoms with Crippen molar-refractivity contribution in [3.8, 4) is 66.8 Å². The largest absolute Gasteiger partial charge is 0.311 e. The number of rotatable bonds is 8. The molecule has 0 amide bonds. The third kappa shape index (κ3) is 9.11. The molecule has 4 heterocycles. The average molecular weight is 1200 g/mol. The fraction of sp³-hybridized carbons (Fsp3) is 0.0930. The highest BCUT2D eigenvalue weighted by Gasteiger charge is 2.45. The van der Waals surface area contributed by atoms with Crippen LogP contribution in [0.15, 0.2) is 285 Å².